The summed E-state index contributed by atoms with van der Waals surface area (Å²) in [6, 6.07) is 18.3. The van der Waals surface area contributed by atoms with Gasteiger partial charge in [-0.15, -0.1) is 0 Å². The van der Waals surface area contributed by atoms with Crippen molar-refractivity contribution in [3.05, 3.63) is 81.9 Å². The van der Waals surface area contributed by atoms with Crippen LogP contribution in [0.1, 0.15) is 87.0 Å². The van der Waals surface area contributed by atoms with E-state index in [0.29, 0.717) is 17.3 Å². The van der Waals surface area contributed by atoms with Gasteiger partial charge in [-0.3, -0.25) is 0 Å². The largest absolute Gasteiger partial charge is 0.0620 e. The second kappa shape index (κ2) is 6.23. The molecular formula is C27H30. The Balaban J connectivity index is 1.55. The van der Waals surface area contributed by atoms with Crippen LogP contribution >= 0.6 is 0 Å². The monoisotopic (exact) mass is 354 g/mol. The molecule has 0 heterocycles. The molecular weight excluding hydrogens is 324 g/mol. The average Bonchev–Trinajstić information content (AvgIpc) is 3.10. The lowest BCUT2D eigenvalue weighted by Crippen LogP contribution is -2.10. The summed E-state index contributed by atoms with van der Waals surface area (Å²) >= 11 is 0. The van der Waals surface area contributed by atoms with E-state index in [2.05, 4.69) is 75.4 Å². The third kappa shape index (κ3) is 2.90. The summed E-state index contributed by atoms with van der Waals surface area (Å²) < 4.78 is 0. The summed E-state index contributed by atoms with van der Waals surface area (Å²) in [4.78, 5) is 0. The topological polar surface area (TPSA) is 0 Å². The minimum atomic E-state index is 0.331. The van der Waals surface area contributed by atoms with E-state index in [1.807, 2.05) is 0 Å². The van der Waals surface area contributed by atoms with Gasteiger partial charge < -0.3 is 0 Å². The Bertz CT molecular complexity index is 948. The van der Waals surface area contributed by atoms with Gasteiger partial charge in [-0.1, -0.05) is 86.5 Å². The zero-order chi connectivity index (χ0) is 18.6. The van der Waals surface area contributed by atoms with Crippen LogP contribution in [0.5, 0.6) is 0 Å². The van der Waals surface area contributed by atoms with Crippen LogP contribution in [0.15, 0.2) is 59.7 Å². The molecule has 2 aromatic carbocycles. The van der Waals surface area contributed by atoms with Crippen LogP contribution in [-0.4, -0.2) is 0 Å². The maximum absolute atomic E-state index is 2.49. The van der Waals surface area contributed by atoms with Crippen LogP contribution in [0.25, 0.3) is 11.6 Å². The van der Waals surface area contributed by atoms with Gasteiger partial charge in [0.2, 0.25) is 0 Å². The first-order valence-corrected chi connectivity index (χ1v) is 10.6. The van der Waals surface area contributed by atoms with E-state index < -0.39 is 0 Å². The molecule has 0 bridgehead atoms. The van der Waals surface area contributed by atoms with Crippen molar-refractivity contribution < 1.29 is 0 Å². The van der Waals surface area contributed by atoms with Crippen molar-refractivity contribution in [2.24, 2.45) is 5.41 Å². The predicted octanol–water partition coefficient (Wildman–Crippen LogP) is 7.73. The van der Waals surface area contributed by atoms with E-state index in [4.69, 9.17) is 0 Å². The molecule has 0 radical (unpaired) electrons. The number of hydrogen-bond donors (Lipinski definition) is 0. The van der Waals surface area contributed by atoms with Crippen LogP contribution in [0.4, 0.5) is 0 Å². The van der Waals surface area contributed by atoms with Crippen molar-refractivity contribution in [1.29, 1.82) is 0 Å². The van der Waals surface area contributed by atoms with Crippen molar-refractivity contribution in [2.45, 2.75) is 64.7 Å². The molecule has 1 saturated carbocycles. The van der Waals surface area contributed by atoms with Crippen LogP contribution in [-0.2, 0) is 0 Å². The zero-order valence-electron chi connectivity index (χ0n) is 16.9. The van der Waals surface area contributed by atoms with Crippen molar-refractivity contribution in [1.82, 2.24) is 0 Å². The van der Waals surface area contributed by atoms with Gasteiger partial charge in [-0.2, -0.15) is 0 Å². The minimum absolute atomic E-state index is 0.331. The van der Waals surface area contributed by atoms with E-state index in [0.717, 1.165) is 0 Å². The molecule has 0 amide bonds. The van der Waals surface area contributed by atoms with Crippen molar-refractivity contribution in [3.63, 3.8) is 0 Å². The summed E-state index contributed by atoms with van der Waals surface area (Å²) in [5.41, 5.74) is 11.6. The van der Waals surface area contributed by atoms with Gasteiger partial charge in [0.25, 0.3) is 0 Å². The summed E-state index contributed by atoms with van der Waals surface area (Å²) in [7, 11) is 0. The summed E-state index contributed by atoms with van der Waals surface area (Å²) in [5.74, 6) is 1.29. The fraction of sp³-hybridized carbons (Fsp3) is 0.407. The maximum atomic E-state index is 2.49. The van der Waals surface area contributed by atoms with Crippen molar-refractivity contribution >= 4 is 11.6 Å². The minimum Gasteiger partial charge on any atom is -0.0620 e. The van der Waals surface area contributed by atoms with Crippen LogP contribution in [0.2, 0.25) is 0 Å². The number of benzene rings is 2. The fourth-order valence-electron chi connectivity index (χ4n) is 5.70. The quantitative estimate of drug-likeness (QED) is 0.491. The third-order valence-corrected chi connectivity index (χ3v) is 6.76. The fourth-order valence-corrected chi connectivity index (χ4v) is 5.70. The molecule has 0 aromatic heterocycles. The van der Waals surface area contributed by atoms with E-state index in [1.54, 1.807) is 33.4 Å². The Morgan fingerprint density at radius 3 is 2.33 bits per heavy atom. The van der Waals surface area contributed by atoms with Gasteiger partial charge in [0, 0.05) is 11.8 Å². The molecule has 2 atom stereocenters. The van der Waals surface area contributed by atoms with Gasteiger partial charge in [-0.25, -0.2) is 0 Å². The van der Waals surface area contributed by atoms with E-state index in [9.17, 15) is 0 Å². The molecule has 2 unspecified atom stereocenters. The number of rotatable bonds is 1. The molecule has 0 N–H and O–H groups in total. The predicted molar refractivity (Wildman–Crippen MR) is 116 cm³/mol. The first kappa shape index (κ1) is 17.0. The lowest BCUT2D eigenvalue weighted by Gasteiger charge is -2.27. The standard InChI is InChI=1S/C27H30/c1-27(2,3)17-26-23-11-7-6-10-22(23)24-13-12-19-16-18-8-4-5-9-20(18)21(19)14-15-25(24)26/h4-11,16,21,24H,12-15,17H2,1-3H3. The summed E-state index contributed by atoms with van der Waals surface area (Å²) in [5, 5.41) is 0. The Morgan fingerprint density at radius 1 is 0.815 bits per heavy atom. The lowest BCUT2D eigenvalue weighted by atomic mass is 9.77. The highest BCUT2D eigenvalue weighted by Crippen LogP contribution is 2.54. The molecule has 138 valence electrons. The van der Waals surface area contributed by atoms with Gasteiger partial charge in [0.15, 0.2) is 0 Å². The number of hydrogen-bond acceptors (Lipinski definition) is 0. The molecule has 5 rings (SSSR count). The van der Waals surface area contributed by atoms with Crippen LogP contribution in [0.3, 0.4) is 0 Å². The van der Waals surface area contributed by atoms with Crippen LogP contribution in [0, 0.1) is 5.41 Å². The third-order valence-electron chi connectivity index (χ3n) is 6.76. The molecule has 0 saturated heterocycles. The molecule has 0 heteroatoms. The highest BCUT2D eigenvalue weighted by atomic mass is 14.4. The van der Waals surface area contributed by atoms with E-state index in [-0.39, 0.29) is 0 Å². The molecule has 0 aliphatic heterocycles. The summed E-state index contributed by atoms with van der Waals surface area (Å²) in [6.45, 7) is 7.15. The molecule has 2 aromatic rings. The average molecular weight is 355 g/mol. The molecule has 27 heavy (non-hydrogen) atoms. The van der Waals surface area contributed by atoms with Gasteiger partial charge in [0.1, 0.15) is 0 Å². The second-order valence-electron chi connectivity index (χ2n) is 9.86. The lowest BCUT2D eigenvalue weighted by molar-refractivity contribution is 0.426. The number of fused-ring (bicyclic) bond motifs is 6. The zero-order valence-corrected chi connectivity index (χ0v) is 16.9. The van der Waals surface area contributed by atoms with E-state index >= 15 is 0 Å². The Hall–Kier alpha value is -2.08. The first-order valence-electron chi connectivity index (χ1n) is 10.6. The normalized spacial score (nSPS) is 23.7. The Morgan fingerprint density at radius 2 is 1.52 bits per heavy atom. The molecule has 3 aliphatic carbocycles. The SMILES string of the molecule is CC(C)(C)CC1=C2CCC3C(=Cc4ccccc43)CCC2c2ccccc21. The van der Waals surface area contributed by atoms with Gasteiger partial charge >= 0.3 is 0 Å². The van der Waals surface area contributed by atoms with E-state index in [1.165, 1.54) is 37.7 Å². The second-order valence-corrected chi connectivity index (χ2v) is 9.86. The maximum Gasteiger partial charge on any atom is 0.00633 e. The van der Waals surface area contributed by atoms with Crippen molar-refractivity contribution in [2.75, 3.05) is 0 Å². The first-order chi connectivity index (χ1) is 13.0. The Kier molecular flexibility index (Phi) is 3.93. The molecule has 1 fully saturated rings. The molecule has 3 aliphatic rings. The van der Waals surface area contributed by atoms with Crippen LogP contribution < -0.4 is 0 Å². The highest BCUT2D eigenvalue weighted by Gasteiger charge is 2.36. The smallest absolute Gasteiger partial charge is 0.00633 e. The molecule has 0 spiro atoms. The molecule has 0 nitrogen and oxygen atoms in total. The number of allylic oxidation sites excluding steroid dienone is 3. The van der Waals surface area contributed by atoms with Crippen molar-refractivity contribution in [3.8, 4) is 0 Å². The Labute approximate surface area is 164 Å². The highest BCUT2D eigenvalue weighted by molar-refractivity contribution is 5.79. The van der Waals surface area contributed by atoms with Gasteiger partial charge in [0.05, 0.1) is 0 Å². The van der Waals surface area contributed by atoms with Gasteiger partial charge in [-0.05, 0) is 65.3 Å². The summed E-state index contributed by atoms with van der Waals surface area (Å²) in [6.07, 6.45) is 8.73.